The summed E-state index contributed by atoms with van der Waals surface area (Å²) in [6, 6.07) is 1.84. The van der Waals surface area contributed by atoms with Gasteiger partial charge in [0.15, 0.2) is 0 Å². The largest absolute Gasteiger partial charge is 0.466 e. The first-order valence-electron chi connectivity index (χ1n) is 7.32. The molecule has 0 saturated carbocycles. The van der Waals surface area contributed by atoms with Crippen LogP contribution in [0.3, 0.4) is 0 Å². The van der Waals surface area contributed by atoms with Crippen molar-refractivity contribution in [3.8, 4) is 0 Å². The number of nitrogens with zero attached hydrogens (tertiary/aromatic N) is 1. The summed E-state index contributed by atoms with van der Waals surface area (Å²) in [7, 11) is 0. The summed E-state index contributed by atoms with van der Waals surface area (Å²) in [5.74, 6) is 1.56. The van der Waals surface area contributed by atoms with Crippen LogP contribution in [-0.2, 0) is 11.3 Å². The lowest BCUT2D eigenvalue weighted by Gasteiger charge is -2.32. The zero-order valence-corrected chi connectivity index (χ0v) is 12.6. The molecular weight excluding hydrogens is 270 g/mol. The number of carbonyl (C=O) groups is 2. The number of piperidine rings is 1. The molecule has 6 heteroatoms. The van der Waals surface area contributed by atoms with Crippen molar-refractivity contribution < 1.29 is 14.0 Å². The van der Waals surface area contributed by atoms with Crippen LogP contribution in [0, 0.1) is 19.8 Å². The number of rotatable bonds is 4. The first-order chi connectivity index (χ1) is 9.95. The Morgan fingerprint density at radius 1 is 1.48 bits per heavy atom. The van der Waals surface area contributed by atoms with Gasteiger partial charge in [0.1, 0.15) is 11.5 Å². The number of hydrogen-bond acceptors (Lipinski definition) is 3. The Hall–Kier alpha value is -1.98. The molecule has 0 bridgehead atoms. The summed E-state index contributed by atoms with van der Waals surface area (Å²) < 4.78 is 5.44. The topological polar surface area (TPSA) is 88.6 Å². The molecule has 1 saturated heterocycles. The monoisotopic (exact) mass is 293 g/mol. The van der Waals surface area contributed by atoms with Crippen molar-refractivity contribution in [2.45, 2.75) is 39.7 Å². The molecular formula is C15H23N3O3. The van der Waals surface area contributed by atoms with Gasteiger partial charge >= 0.3 is 6.03 Å². The van der Waals surface area contributed by atoms with Gasteiger partial charge in [-0.3, -0.25) is 4.79 Å². The molecule has 3 amide bonds. The van der Waals surface area contributed by atoms with E-state index in [0.717, 1.165) is 36.5 Å². The Kier molecular flexibility index (Phi) is 4.88. The Bertz CT molecular complexity index is 524. The highest BCUT2D eigenvalue weighted by atomic mass is 16.3. The van der Waals surface area contributed by atoms with Gasteiger partial charge < -0.3 is 20.4 Å². The predicted octanol–water partition coefficient (Wildman–Crippen LogP) is 1.69. The minimum Gasteiger partial charge on any atom is -0.466 e. The Balaban J connectivity index is 1.85. The number of carbonyl (C=O) groups excluding carboxylic acids is 2. The molecule has 1 aromatic rings. The summed E-state index contributed by atoms with van der Waals surface area (Å²) in [6.45, 7) is 5.55. The third-order valence-corrected chi connectivity index (χ3v) is 3.87. The van der Waals surface area contributed by atoms with Gasteiger partial charge in [0.05, 0.1) is 0 Å². The van der Waals surface area contributed by atoms with Gasteiger partial charge in [0.2, 0.25) is 5.91 Å². The van der Waals surface area contributed by atoms with Crippen LogP contribution < -0.4 is 11.1 Å². The van der Waals surface area contributed by atoms with Gasteiger partial charge in [0, 0.05) is 31.6 Å². The van der Waals surface area contributed by atoms with Gasteiger partial charge in [-0.05, 0) is 38.7 Å². The Morgan fingerprint density at radius 2 is 2.24 bits per heavy atom. The van der Waals surface area contributed by atoms with Crippen molar-refractivity contribution in [3.63, 3.8) is 0 Å². The second kappa shape index (κ2) is 6.65. The van der Waals surface area contributed by atoms with Crippen molar-refractivity contribution in [1.82, 2.24) is 10.2 Å². The number of nitrogens with two attached hydrogens (primary N) is 1. The summed E-state index contributed by atoms with van der Waals surface area (Å²) in [4.78, 5) is 24.9. The molecule has 1 aliphatic heterocycles. The number of aryl methyl sites for hydroxylation is 2. The normalized spacial score (nSPS) is 18.6. The first-order valence-corrected chi connectivity index (χ1v) is 7.32. The highest BCUT2D eigenvalue weighted by Crippen LogP contribution is 2.19. The number of nitrogens with one attached hydrogen (secondary N) is 1. The van der Waals surface area contributed by atoms with Crippen molar-refractivity contribution in [2.75, 3.05) is 13.1 Å². The predicted molar refractivity (Wildman–Crippen MR) is 78.5 cm³/mol. The van der Waals surface area contributed by atoms with E-state index in [-0.39, 0.29) is 17.9 Å². The van der Waals surface area contributed by atoms with E-state index < -0.39 is 0 Å². The van der Waals surface area contributed by atoms with Gasteiger partial charge in [-0.2, -0.15) is 0 Å². The lowest BCUT2D eigenvalue weighted by molar-refractivity contribution is -0.119. The molecule has 3 N–H and O–H groups in total. The average Bonchev–Trinajstić information content (AvgIpc) is 2.74. The minimum absolute atomic E-state index is 0.0950. The number of amides is 3. The van der Waals surface area contributed by atoms with Crippen LogP contribution in [0.1, 0.15) is 36.3 Å². The maximum absolute atomic E-state index is 12.2. The molecule has 1 atom stereocenters. The van der Waals surface area contributed by atoms with Crippen molar-refractivity contribution >= 4 is 11.9 Å². The average molecular weight is 293 g/mol. The van der Waals surface area contributed by atoms with E-state index in [9.17, 15) is 9.59 Å². The SMILES string of the molecule is Cc1cc(CNC(=O)N2CCC[C@H](CC(N)=O)C2)c(C)o1. The molecule has 0 spiro atoms. The van der Waals surface area contributed by atoms with Crippen LogP contribution in [0.25, 0.3) is 0 Å². The standard InChI is InChI=1S/C15H23N3O3/c1-10-6-13(11(2)21-10)8-17-15(20)18-5-3-4-12(9-18)7-14(16)19/h6,12H,3-5,7-9H2,1-2H3,(H2,16,19)(H,17,20)/t12-/m1/s1. The van der Waals surface area contributed by atoms with Crippen LogP contribution in [0.15, 0.2) is 10.5 Å². The smallest absolute Gasteiger partial charge is 0.317 e. The minimum atomic E-state index is -0.299. The lowest BCUT2D eigenvalue weighted by Crippen LogP contribution is -2.45. The van der Waals surface area contributed by atoms with Gasteiger partial charge in [-0.15, -0.1) is 0 Å². The van der Waals surface area contributed by atoms with E-state index in [1.807, 2.05) is 19.9 Å². The molecule has 0 radical (unpaired) electrons. The fraction of sp³-hybridized carbons (Fsp3) is 0.600. The molecule has 2 rings (SSSR count). The van der Waals surface area contributed by atoms with Crippen molar-refractivity contribution in [1.29, 1.82) is 0 Å². The highest BCUT2D eigenvalue weighted by Gasteiger charge is 2.24. The van der Waals surface area contributed by atoms with Gasteiger partial charge in [-0.25, -0.2) is 4.79 Å². The van der Waals surface area contributed by atoms with Crippen LogP contribution in [0.4, 0.5) is 4.79 Å². The number of likely N-dealkylation sites (tertiary alicyclic amines) is 1. The Morgan fingerprint density at radius 3 is 2.86 bits per heavy atom. The van der Waals surface area contributed by atoms with E-state index >= 15 is 0 Å². The zero-order valence-electron chi connectivity index (χ0n) is 12.6. The van der Waals surface area contributed by atoms with Crippen molar-refractivity contribution in [3.05, 3.63) is 23.2 Å². The number of furan rings is 1. The van der Waals surface area contributed by atoms with E-state index in [0.29, 0.717) is 19.5 Å². The van der Waals surface area contributed by atoms with Crippen LogP contribution >= 0.6 is 0 Å². The van der Waals surface area contributed by atoms with Gasteiger partial charge in [0.25, 0.3) is 0 Å². The summed E-state index contributed by atoms with van der Waals surface area (Å²) >= 11 is 0. The lowest BCUT2D eigenvalue weighted by atomic mass is 9.95. The zero-order chi connectivity index (χ0) is 15.4. The second-order valence-corrected chi connectivity index (χ2v) is 5.72. The molecule has 0 aliphatic carbocycles. The Labute approximate surface area is 124 Å². The summed E-state index contributed by atoms with van der Waals surface area (Å²) in [5, 5.41) is 2.91. The molecule has 2 heterocycles. The molecule has 116 valence electrons. The molecule has 1 fully saturated rings. The molecule has 0 aromatic carbocycles. The second-order valence-electron chi connectivity index (χ2n) is 5.72. The van der Waals surface area contributed by atoms with E-state index in [4.69, 9.17) is 10.2 Å². The van der Waals surface area contributed by atoms with Crippen molar-refractivity contribution in [2.24, 2.45) is 11.7 Å². The molecule has 1 aliphatic rings. The number of hydrogen-bond donors (Lipinski definition) is 2. The van der Waals surface area contributed by atoms with Crippen LogP contribution in [0.2, 0.25) is 0 Å². The summed E-state index contributed by atoms with van der Waals surface area (Å²) in [6.07, 6.45) is 2.21. The molecule has 1 aromatic heterocycles. The highest BCUT2D eigenvalue weighted by molar-refractivity contribution is 5.75. The quantitative estimate of drug-likeness (QED) is 0.885. The molecule has 6 nitrogen and oxygen atoms in total. The number of primary amides is 1. The number of urea groups is 1. The van der Waals surface area contributed by atoms with Gasteiger partial charge in [-0.1, -0.05) is 0 Å². The third kappa shape index (κ3) is 4.24. The maximum atomic E-state index is 12.2. The van der Waals surface area contributed by atoms with E-state index in [1.54, 1.807) is 4.90 Å². The van der Waals surface area contributed by atoms with Crippen LogP contribution in [0.5, 0.6) is 0 Å². The van der Waals surface area contributed by atoms with E-state index in [1.165, 1.54) is 0 Å². The fourth-order valence-corrected chi connectivity index (χ4v) is 2.84. The molecule has 0 unspecified atom stereocenters. The third-order valence-electron chi connectivity index (χ3n) is 3.87. The van der Waals surface area contributed by atoms with Crippen LogP contribution in [-0.4, -0.2) is 29.9 Å². The fourth-order valence-electron chi connectivity index (χ4n) is 2.84. The van der Waals surface area contributed by atoms with E-state index in [2.05, 4.69) is 5.32 Å². The summed E-state index contributed by atoms with van der Waals surface area (Å²) in [5.41, 5.74) is 6.22. The molecule has 21 heavy (non-hydrogen) atoms. The first kappa shape index (κ1) is 15.4. The maximum Gasteiger partial charge on any atom is 0.317 e.